The van der Waals surface area contributed by atoms with Crippen LogP contribution in [0, 0.1) is 6.92 Å². The predicted molar refractivity (Wildman–Crippen MR) is 74.4 cm³/mol. The van der Waals surface area contributed by atoms with E-state index in [4.69, 9.17) is 16.1 Å². The van der Waals surface area contributed by atoms with Gasteiger partial charge in [-0.15, -0.1) is 11.3 Å². The van der Waals surface area contributed by atoms with Gasteiger partial charge in [0.05, 0.1) is 12.1 Å². The van der Waals surface area contributed by atoms with Crippen molar-refractivity contribution in [2.24, 2.45) is 0 Å². The van der Waals surface area contributed by atoms with Crippen molar-refractivity contribution in [1.29, 1.82) is 0 Å². The Kier molecular flexibility index (Phi) is 3.31. The van der Waals surface area contributed by atoms with Crippen LogP contribution >= 0.6 is 22.9 Å². The Labute approximate surface area is 119 Å². The fourth-order valence-electron chi connectivity index (χ4n) is 1.69. The smallest absolute Gasteiger partial charge is 0.223 e. The molecule has 4 nitrogen and oxygen atoms in total. The highest BCUT2D eigenvalue weighted by Crippen LogP contribution is 2.24. The summed E-state index contributed by atoms with van der Waals surface area (Å²) in [6, 6.07) is 7.64. The van der Waals surface area contributed by atoms with E-state index in [1.54, 1.807) is 18.3 Å². The van der Waals surface area contributed by atoms with Gasteiger partial charge in [0.1, 0.15) is 5.01 Å². The van der Waals surface area contributed by atoms with Crippen molar-refractivity contribution in [2.45, 2.75) is 13.3 Å². The summed E-state index contributed by atoms with van der Waals surface area (Å²) in [5, 5.41) is 7.57. The van der Waals surface area contributed by atoms with Gasteiger partial charge in [-0.1, -0.05) is 28.9 Å². The quantitative estimate of drug-likeness (QED) is 0.737. The molecule has 0 saturated heterocycles. The molecule has 19 heavy (non-hydrogen) atoms. The van der Waals surface area contributed by atoms with Crippen molar-refractivity contribution in [3.05, 3.63) is 51.4 Å². The van der Waals surface area contributed by atoms with Crippen LogP contribution in [0.5, 0.6) is 0 Å². The summed E-state index contributed by atoms with van der Waals surface area (Å²) < 4.78 is 4.94. The molecule has 0 aliphatic carbocycles. The minimum Gasteiger partial charge on any atom is -0.340 e. The molecule has 0 fully saturated rings. The average molecular weight is 292 g/mol. The molecule has 2 aromatic heterocycles. The maximum atomic E-state index is 5.87. The summed E-state index contributed by atoms with van der Waals surface area (Å²) >= 11 is 7.46. The van der Waals surface area contributed by atoms with E-state index in [9.17, 15) is 0 Å². The van der Waals surface area contributed by atoms with E-state index in [1.807, 2.05) is 29.6 Å². The zero-order valence-electron chi connectivity index (χ0n) is 10.1. The van der Waals surface area contributed by atoms with E-state index in [1.165, 1.54) is 0 Å². The molecular formula is C13H10ClN3OS. The van der Waals surface area contributed by atoms with Crippen LogP contribution in [0.1, 0.15) is 16.7 Å². The fourth-order valence-corrected chi connectivity index (χ4v) is 2.62. The van der Waals surface area contributed by atoms with E-state index in [0.29, 0.717) is 18.1 Å². The van der Waals surface area contributed by atoms with Crippen molar-refractivity contribution in [1.82, 2.24) is 15.1 Å². The first kappa shape index (κ1) is 12.3. The zero-order chi connectivity index (χ0) is 13.2. The van der Waals surface area contributed by atoms with Gasteiger partial charge in [0.15, 0.2) is 5.82 Å². The highest BCUT2D eigenvalue weighted by molar-refractivity contribution is 7.10. The second-order valence-electron chi connectivity index (χ2n) is 4.04. The number of hydrogen-bond acceptors (Lipinski definition) is 5. The van der Waals surface area contributed by atoms with Gasteiger partial charge in [0.2, 0.25) is 5.89 Å². The lowest BCUT2D eigenvalue weighted by Crippen LogP contribution is -1.90. The van der Waals surface area contributed by atoms with Crippen LogP contribution in [-0.2, 0) is 6.42 Å². The molecule has 0 bridgehead atoms. The van der Waals surface area contributed by atoms with Gasteiger partial charge in [-0.05, 0) is 12.1 Å². The first-order chi connectivity index (χ1) is 9.20. The minimum absolute atomic E-state index is 0.574. The fraction of sp³-hybridized carbons (Fsp3) is 0.154. The molecule has 0 radical (unpaired) electrons. The Balaban J connectivity index is 1.81. The monoisotopic (exact) mass is 291 g/mol. The van der Waals surface area contributed by atoms with Crippen molar-refractivity contribution in [2.75, 3.05) is 0 Å². The summed E-state index contributed by atoms with van der Waals surface area (Å²) in [6.07, 6.45) is 0.593. The molecule has 0 aliphatic heterocycles. The highest BCUT2D eigenvalue weighted by atomic mass is 35.5. The maximum absolute atomic E-state index is 5.87. The molecule has 3 rings (SSSR count). The number of benzene rings is 1. The minimum atomic E-state index is 0.574. The summed E-state index contributed by atoms with van der Waals surface area (Å²) in [5.41, 5.74) is 1.99. The summed E-state index contributed by atoms with van der Waals surface area (Å²) in [5.74, 6) is 1.24. The van der Waals surface area contributed by atoms with Crippen molar-refractivity contribution >= 4 is 22.9 Å². The van der Waals surface area contributed by atoms with Gasteiger partial charge >= 0.3 is 0 Å². The highest BCUT2D eigenvalue weighted by Gasteiger charge is 2.09. The Morgan fingerprint density at radius 1 is 1.21 bits per heavy atom. The van der Waals surface area contributed by atoms with Crippen LogP contribution in [-0.4, -0.2) is 15.1 Å². The summed E-state index contributed by atoms with van der Waals surface area (Å²) in [4.78, 5) is 8.74. The number of rotatable bonds is 3. The number of halogens is 1. The molecular weight excluding hydrogens is 282 g/mol. The van der Waals surface area contributed by atoms with E-state index >= 15 is 0 Å². The van der Waals surface area contributed by atoms with Gasteiger partial charge in [0.25, 0.3) is 0 Å². The number of aromatic nitrogens is 3. The van der Waals surface area contributed by atoms with Crippen LogP contribution in [0.2, 0.25) is 5.02 Å². The van der Waals surface area contributed by atoms with Crippen molar-refractivity contribution in [3.63, 3.8) is 0 Å². The lowest BCUT2D eigenvalue weighted by molar-refractivity contribution is 0.388. The topological polar surface area (TPSA) is 51.8 Å². The van der Waals surface area contributed by atoms with Crippen LogP contribution in [0.25, 0.3) is 11.3 Å². The molecule has 2 heterocycles. The molecule has 0 aliphatic rings. The summed E-state index contributed by atoms with van der Waals surface area (Å²) in [7, 11) is 0. The number of thiazole rings is 1. The maximum Gasteiger partial charge on any atom is 0.223 e. The standard InChI is InChI=1S/C13H10ClN3OS/c1-8-15-12(17-18-8)6-13-16-11(7-19-13)9-2-4-10(14)5-3-9/h2-5,7H,6H2,1H3. The summed E-state index contributed by atoms with van der Waals surface area (Å²) in [6.45, 7) is 1.78. The number of aryl methyl sites for hydroxylation is 1. The second kappa shape index (κ2) is 5.11. The Morgan fingerprint density at radius 2 is 2.00 bits per heavy atom. The van der Waals surface area contributed by atoms with Gasteiger partial charge in [-0.2, -0.15) is 4.98 Å². The molecule has 3 aromatic rings. The van der Waals surface area contributed by atoms with Crippen LogP contribution in [0.3, 0.4) is 0 Å². The van der Waals surface area contributed by atoms with Gasteiger partial charge in [0, 0.05) is 22.9 Å². The first-order valence-electron chi connectivity index (χ1n) is 5.70. The Hall–Kier alpha value is -1.72. The third-order valence-electron chi connectivity index (χ3n) is 2.57. The van der Waals surface area contributed by atoms with Gasteiger partial charge in [-0.3, -0.25) is 0 Å². The number of nitrogens with zero attached hydrogens (tertiary/aromatic N) is 3. The third kappa shape index (κ3) is 2.83. The zero-order valence-corrected chi connectivity index (χ0v) is 11.7. The molecule has 0 atom stereocenters. The lowest BCUT2D eigenvalue weighted by atomic mass is 10.2. The SMILES string of the molecule is Cc1nc(Cc2nc(-c3ccc(Cl)cc3)cs2)no1. The van der Waals surface area contributed by atoms with Gasteiger partial charge in [-0.25, -0.2) is 4.98 Å². The molecule has 0 N–H and O–H groups in total. The predicted octanol–water partition coefficient (Wildman–Crippen LogP) is 3.75. The first-order valence-corrected chi connectivity index (χ1v) is 6.96. The van der Waals surface area contributed by atoms with Crippen molar-refractivity contribution in [3.8, 4) is 11.3 Å². The lowest BCUT2D eigenvalue weighted by Gasteiger charge is -1.95. The Morgan fingerprint density at radius 3 is 2.68 bits per heavy atom. The van der Waals surface area contributed by atoms with E-state index in [-0.39, 0.29) is 0 Å². The molecule has 0 unspecified atom stereocenters. The number of hydrogen-bond donors (Lipinski definition) is 0. The van der Waals surface area contributed by atoms with E-state index in [0.717, 1.165) is 21.3 Å². The molecule has 0 spiro atoms. The van der Waals surface area contributed by atoms with Gasteiger partial charge < -0.3 is 4.52 Å². The van der Waals surface area contributed by atoms with Crippen LogP contribution in [0.4, 0.5) is 0 Å². The molecule has 96 valence electrons. The molecule has 1 aromatic carbocycles. The van der Waals surface area contributed by atoms with E-state index < -0.39 is 0 Å². The normalized spacial score (nSPS) is 10.8. The average Bonchev–Trinajstić information content (AvgIpc) is 3.00. The third-order valence-corrected chi connectivity index (χ3v) is 3.67. The largest absolute Gasteiger partial charge is 0.340 e. The Bertz CT molecular complexity index is 690. The molecule has 0 amide bonds. The second-order valence-corrected chi connectivity index (χ2v) is 5.42. The van der Waals surface area contributed by atoms with Crippen LogP contribution in [0.15, 0.2) is 34.2 Å². The van der Waals surface area contributed by atoms with Crippen molar-refractivity contribution < 1.29 is 4.52 Å². The molecule has 6 heteroatoms. The molecule has 0 saturated carbocycles. The van der Waals surface area contributed by atoms with E-state index in [2.05, 4.69) is 15.1 Å². The van der Waals surface area contributed by atoms with Crippen LogP contribution < -0.4 is 0 Å².